The molecule has 0 aliphatic carbocycles. The lowest BCUT2D eigenvalue weighted by molar-refractivity contribution is -0.421. The summed E-state index contributed by atoms with van der Waals surface area (Å²) >= 11 is 0. The molecule has 1 unspecified atom stereocenters. The first-order chi connectivity index (χ1) is 14.8. The van der Waals surface area contributed by atoms with E-state index in [9.17, 15) is 28.6 Å². The number of nitrogens with two attached hydrogens (primary N) is 1. The van der Waals surface area contributed by atoms with Gasteiger partial charge in [0.1, 0.15) is 17.2 Å². The van der Waals surface area contributed by atoms with Crippen LogP contribution in [0.4, 0.5) is 17.1 Å². The van der Waals surface area contributed by atoms with Gasteiger partial charge in [0.25, 0.3) is 0 Å². The molecule has 13 heteroatoms. The van der Waals surface area contributed by atoms with E-state index in [1.54, 1.807) is 18.2 Å². The standard InChI is InChI=1S/C13H18O5S.C6H5N3O4/c1-5-16-12-13(2,3)10-8-9(18-19(4,14)15)6-7-11(10)17-12;7-4-2-1-3-5(8(10)11)6(4)9(12)13/h6-8,12H,5H2,1-4H3;1-3H,7H2. The van der Waals surface area contributed by atoms with Gasteiger partial charge >= 0.3 is 21.5 Å². The first-order valence-corrected chi connectivity index (χ1v) is 11.1. The summed E-state index contributed by atoms with van der Waals surface area (Å²) in [5.74, 6) is 0.986. The summed E-state index contributed by atoms with van der Waals surface area (Å²) in [5, 5.41) is 20.7. The maximum absolute atomic E-state index is 11.2. The van der Waals surface area contributed by atoms with Crippen molar-refractivity contribution < 1.29 is 31.9 Å². The number of anilines is 1. The van der Waals surface area contributed by atoms with Gasteiger partial charge in [-0.05, 0) is 45.0 Å². The van der Waals surface area contributed by atoms with Crippen molar-refractivity contribution >= 4 is 27.2 Å². The first kappa shape index (κ1) is 24.8. The van der Waals surface area contributed by atoms with Crippen molar-refractivity contribution in [3.8, 4) is 11.5 Å². The highest BCUT2D eigenvalue weighted by atomic mass is 32.2. The van der Waals surface area contributed by atoms with Gasteiger partial charge in [0.15, 0.2) is 0 Å². The minimum Gasteiger partial charge on any atom is -0.464 e. The van der Waals surface area contributed by atoms with E-state index >= 15 is 0 Å². The molecule has 0 aromatic heterocycles. The molecule has 2 aromatic carbocycles. The van der Waals surface area contributed by atoms with Crippen LogP contribution >= 0.6 is 0 Å². The van der Waals surface area contributed by atoms with E-state index < -0.39 is 31.3 Å². The molecule has 0 saturated carbocycles. The van der Waals surface area contributed by atoms with Crippen LogP contribution in [-0.4, -0.2) is 37.4 Å². The van der Waals surface area contributed by atoms with E-state index in [0.717, 1.165) is 17.9 Å². The van der Waals surface area contributed by atoms with E-state index in [0.29, 0.717) is 12.4 Å². The Hall–Kier alpha value is -3.45. The van der Waals surface area contributed by atoms with Crippen LogP contribution in [0.3, 0.4) is 0 Å². The summed E-state index contributed by atoms with van der Waals surface area (Å²) in [5.41, 5.74) is 4.28. The topological polar surface area (TPSA) is 174 Å². The van der Waals surface area contributed by atoms with E-state index in [-0.39, 0.29) is 23.1 Å². The van der Waals surface area contributed by atoms with E-state index in [1.165, 1.54) is 12.1 Å². The second kappa shape index (κ2) is 9.36. The zero-order chi connectivity index (χ0) is 24.3. The van der Waals surface area contributed by atoms with Crippen LogP contribution in [0.5, 0.6) is 11.5 Å². The minimum atomic E-state index is -3.53. The third kappa shape index (κ3) is 5.62. The number of fused-ring (bicyclic) bond motifs is 1. The van der Waals surface area contributed by atoms with Crippen molar-refractivity contribution in [2.24, 2.45) is 0 Å². The van der Waals surface area contributed by atoms with Gasteiger partial charge in [0, 0.05) is 18.2 Å². The summed E-state index contributed by atoms with van der Waals surface area (Å²) < 4.78 is 38.5. The Morgan fingerprint density at radius 3 is 2.31 bits per heavy atom. The molecule has 0 saturated heterocycles. The highest BCUT2D eigenvalue weighted by Crippen LogP contribution is 2.44. The van der Waals surface area contributed by atoms with Crippen molar-refractivity contribution in [1.82, 2.24) is 0 Å². The van der Waals surface area contributed by atoms with Gasteiger partial charge in [-0.3, -0.25) is 20.2 Å². The van der Waals surface area contributed by atoms with Crippen LogP contribution in [-0.2, 0) is 20.3 Å². The van der Waals surface area contributed by atoms with Crippen molar-refractivity contribution in [3.63, 3.8) is 0 Å². The van der Waals surface area contributed by atoms with E-state index in [4.69, 9.17) is 19.4 Å². The van der Waals surface area contributed by atoms with Gasteiger partial charge in [0.05, 0.1) is 21.5 Å². The fraction of sp³-hybridized carbons (Fsp3) is 0.368. The smallest absolute Gasteiger partial charge is 0.368 e. The first-order valence-electron chi connectivity index (χ1n) is 9.27. The Labute approximate surface area is 184 Å². The van der Waals surface area contributed by atoms with Crippen LogP contribution in [0.15, 0.2) is 36.4 Å². The maximum atomic E-state index is 11.2. The summed E-state index contributed by atoms with van der Waals surface area (Å²) in [6, 6.07) is 8.54. The van der Waals surface area contributed by atoms with Gasteiger partial charge in [0.2, 0.25) is 6.29 Å². The van der Waals surface area contributed by atoms with Gasteiger partial charge in [-0.2, -0.15) is 8.42 Å². The predicted molar refractivity (Wildman–Crippen MR) is 115 cm³/mol. The number of nitro benzene ring substituents is 2. The van der Waals surface area contributed by atoms with Crippen LogP contribution < -0.4 is 14.7 Å². The molecule has 0 fully saturated rings. The van der Waals surface area contributed by atoms with Crippen molar-refractivity contribution in [1.29, 1.82) is 0 Å². The summed E-state index contributed by atoms with van der Waals surface area (Å²) in [6.45, 7) is 6.43. The minimum absolute atomic E-state index is 0.209. The number of hydrogen-bond acceptors (Lipinski definition) is 10. The van der Waals surface area contributed by atoms with Crippen molar-refractivity contribution in [3.05, 3.63) is 62.2 Å². The zero-order valence-corrected chi connectivity index (χ0v) is 18.6. The summed E-state index contributed by atoms with van der Waals surface area (Å²) in [6.07, 6.45) is 0.645. The largest absolute Gasteiger partial charge is 0.464 e. The molecule has 0 bridgehead atoms. The lowest BCUT2D eigenvalue weighted by Crippen LogP contribution is -2.34. The van der Waals surface area contributed by atoms with Gasteiger partial charge in [-0.15, -0.1) is 0 Å². The molecule has 2 aromatic rings. The number of ether oxygens (including phenoxy) is 2. The molecule has 1 aliphatic rings. The molecule has 3 rings (SSSR count). The number of benzene rings is 2. The normalized spacial score (nSPS) is 16.2. The predicted octanol–water partition coefficient (Wildman–Crippen LogP) is 3.14. The van der Waals surface area contributed by atoms with Gasteiger partial charge in [-0.1, -0.05) is 6.07 Å². The number of para-hydroxylation sites is 1. The molecule has 0 radical (unpaired) electrons. The van der Waals surface area contributed by atoms with Crippen molar-refractivity contribution in [2.45, 2.75) is 32.5 Å². The Bertz CT molecular complexity index is 1130. The molecule has 32 heavy (non-hydrogen) atoms. The summed E-state index contributed by atoms with van der Waals surface area (Å²) in [7, 11) is -3.53. The molecule has 12 nitrogen and oxygen atoms in total. The molecule has 0 amide bonds. The molecule has 1 heterocycles. The fourth-order valence-corrected chi connectivity index (χ4v) is 3.47. The Balaban J connectivity index is 0.000000244. The molecule has 0 spiro atoms. The number of rotatable bonds is 6. The molecular formula is C19H23N3O9S. The molecule has 174 valence electrons. The number of nitrogens with zero attached hydrogens (tertiary/aromatic N) is 2. The number of nitrogen functional groups attached to an aromatic ring is 1. The Morgan fingerprint density at radius 2 is 1.81 bits per heavy atom. The quantitative estimate of drug-likeness (QED) is 0.286. The van der Waals surface area contributed by atoms with Crippen LogP contribution in [0.1, 0.15) is 26.3 Å². The van der Waals surface area contributed by atoms with Crippen LogP contribution in [0.2, 0.25) is 0 Å². The molecule has 1 atom stereocenters. The van der Waals surface area contributed by atoms with E-state index in [1.807, 2.05) is 20.8 Å². The average Bonchev–Trinajstić information content (AvgIpc) is 2.91. The number of nitro groups is 2. The highest BCUT2D eigenvalue weighted by Gasteiger charge is 2.42. The Kier molecular flexibility index (Phi) is 7.26. The SMILES string of the molecule is CCOC1Oc2ccc(OS(C)(=O)=O)cc2C1(C)C.Nc1cccc([N+](=O)[O-])c1[N+](=O)[O-]. The Morgan fingerprint density at radius 1 is 1.16 bits per heavy atom. The zero-order valence-electron chi connectivity index (χ0n) is 17.8. The lowest BCUT2D eigenvalue weighted by Gasteiger charge is -2.25. The molecule has 1 aliphatic heterocycles. The summed E-state index contributed by atoms with van der Waals surface area (Å²) in [4.78, 5) is 19.0. The van der Waals surface area contributed by atoms with Gasteiger partial charge in [-0.25, -0.2) is 0 Å². The van der Waals surface area contributed by atoms with Crippen LogP contribution in [0.25, 0.3) is 0 Å². The van der Waals surface area contributed by atoms with E-state index in [2.05, 4.69) is 0 Å². The molecular weight excluding hydrogens is 446 g/mol. The lowest BCUT2D eigenvalue weighted by atomic mass is 9.85. The third-order valence-electron chi connectivity index (χ3n) is 4.46. The second-order valence-corrected chi connectivity index (χ2v) is 8.88. The fourth-order valence-electron chi connectivity index (χ4n) is 3.02. The monoisotopic (exact) mass is 469 g/mol. The highest BCUT2D eigenvalue weighted by molar-refractivity contribution is 7.86. The molecule has 2 N–H and O–H groups in total. The second-order valence-electron chi connectivity index (χ2n) is 7.30. The van der Waals surface area contributed by atoms with Crippen molar-refractivity contribution in [2.75, 3.05) is 18.6 Å². The number of hydrogen-bond donors (Lipinski definition) is 1. The van der Waals surface area contributed by atoms with Crippen LogP contribution in [0, 0.1) is 20.2 Å². The average molecular weight is 469 g/mol. The maximum Gasteiger partial charge on any atom is 0.368 e. The van der Waals surface area contributed by atoms with Gasteiger partial charge < -0.3 is 19.4 Å². The third-order valence-corrected chi connectivity index (χ3v) is 4.95.